The molecule has 2 aliphatic heterocycles. The van der Waals surface area contributed by atoms with Gasteiger partial charge in [0.1, 0.15) is 5.60 Å². The molecule has 0 unspecified atom stereocenters. The maximum absolute atomic E-state index is 12.0. The summed E-state index contributed by atoms with van der Waals surface area (Å²) in [4.78, 5) is 52.8. The van der Waals surface area contributed by atoms with Gasteiger partial charge in [-0.05, 0) is 42.4 Å². The van der Waals surface area contributed by atoms with E-state index in [1.54, 1.807) is 20.8 Å². The van der Waals surface area contributed by atoms with Crippen LogP contribution in [0.5, 0.6) is 0 Å². The Balaban J connectivity index is 1.58. The molecule has 1 fully saturated rings. The Morgan fingerprint density at radius 1 is 1.15 bits per heavy atom. The molecule has 0 aliphatic carbocycles. The van der Waals surface area contributed by atoms with Gasteiger partial charge >= 0.3 is 5.97 Å². The van der Waals surface area contributed by atoms with Gasteiger partial charge in [0.05, 0.1) is 0 Å². The minimum atomic E-state index is -1.10. The molecule has 2 heterocycles. The number of carbonyl (C=O) groups is 4. The van der Waals surface area contributed by atoms with Crippen LogP contribution in [0, 0.1) is 0 Å². The highest BCUT2D eigenvalue weighted by Crippen LogP contribution is 2.65. The number of hydrogen-bond donors (Lipinski definition) is 2. The van der Waals surface area contributed by atoms with Crippen LogP contribution in [-0.4, -0.2) is 58.1 Å². The Morgan fingerprint density at radius 3 is 2.31 bits per heavy atom. The summed E-state index contributed by atoms with van der Waals surface area (Å²) in [6.45, 7) is 5.91. The smallest absolute Gasteiger partial charge is 0.364 e. The van der Waals surface area contributed by atoms with E-state index in [4.69, 9.17) is 9.57 Å². The molecule has 0 aromatic carbocycles. The molecule has 0 saturated carbocycles. The van der Waals surface area contributed by atoms with Gasteiger partial charge in [-0.1, -0.05) is 0 Å². The van der Waals surface area contributed by atoms with Crippen molar-refractivity contribution < 1.29 is 28.8 Å². The third kappa shape index (κ3) is 6.01. The van der Waals surface area contributed by atoms with Crippen LogP contribution >= 0.6 is 21.6 Å². The third-order valence-corrected chi connectivity index (χ3v) is 5.48. The zero-order chi connectivity index (χ0) is 19.4. The van der Waals surface area contributed by atoms with E-state index in [9.17, 15) is 19.2 Å². The van der Waals surface area contributed by atoms with Crippen LogP contribution in [0.15, 0.2) is 12.2 Å². The molecule has 11 heteroatoms. The van der Waals surface area contributed by atoms with Gasteiger partial charge in [0.25, 0.3) is 16.1 Å². The second-order valence-electron chi connectivity index (χ2n) is 6.48. The number of amides is 3. The monoisotopic (exact) mass is 403 g/mol. The van der Waals surface area contributed by atoms with E-state index in [0.29, 0.717) is 0 Å². The largest absolute Gasteiger partial charge is 0.456 e. The maximum atomic E-state index is 12.0. The van der Waals surface area contributed by atoms with Crippen LogP contribution in [0.1, 0.15) is 27.2 Å². The van der Waals surface area contributed by atoms with Crippen LogP contribution in [0.2, 0.25) is 0 Å². The second kappa shape index (κ2) is 8.42. The summed E-state index contributed by atoms with van der Waals surface area (Å²) >= 11 is 0. The van der Waals surface area contributed by atoms with E-state index in [1.165, 1.54) is 33.7 Å². The van der Waals surface area contributed by atoms with Gasteiger partial charge in [-0.15, -0.1) is 0 Å². The first-order valence-corrected chi connectivity index (χ1v) is 10.1. The first-order chi connectivity index (χ1) is 12.1. The summed E-state index contributed by atoms with van der Waals surface area (Å²) < 4.78 is 4.18. The average Bonchev–Trinajstić information content (AvgIpc) is 3.25. The lowest BCUT2D eigenvalue weighted by molar-refractivity contribution is -0.168. The second-order valence-corrected chi connectivity index (χ2v) is 9.22. The van der Waals surface area contributed by atoms with Gasteiger partial charge in [0.15, 0.2) is 0 Å². The maximum Gasteiger partial charge on any atom is 0.364 e. The summed E-state index contributed by atoms with van der Waals surface area (Å²) in [5.41, 5.74) is 2.04. The summed E-state index contributed by atoms with van der Waals surface area (Å²) in [7, 11) is 2.49. The van der Waals surface area contributed by atoms with Gasteiger partial charge < -0.3 is 10.1 Å². The van der Waals surface area contributed by atoms with Crippen LogP contribution in [0.4, 0.5) is 0 Å². The highest BCUT2D eigenvalue weighted by Gasteiger charge is 2.59. The molecule has 0 atom stereocenters. The highest BCUT2D eigenvalue weighted by molar-refractivity contribution is 8.94. The highest BCUT2D eigenvalue weighted by atomic mass is 33.2. The van der Waals surface area contributed by atoms with Crippen molar-refractivity contribution in [1.29, 1.82) is 0 Å². The van der Waals surface area contributed by atoms with E-state index in [0.717, 1.165) is 4.90 Å². The molecule has 1 saturated heterocycles. The quantitative estimate of drug-likeness (QED) is 0.140. The fourth-order valence-corrected chi connectivity index (χ4v) is 3.19. The molecule has 2 rings (SSSR count). The lowest BCUT2D eigenvalue weighted by Crippen LogP contribution is -2.40. The molecular formula is C15H21N3O6S2. The van der Waals surface area contributed by atoms with Crippen LogP contribution < -0.4 is 10.8 Å². The molecule has 9 nitrogen and oxygen atoms in total. The molecule has 0 radical (unpaired) electrons. The predicted octanol–water partition coefficient (Wildman–Crippen LogP) is 0.329. The van der Waals surface area contributed by atoms with Crippen LogP contribution in [0.3, 0.4) is 0 Å². The summed E-state index contributed by atoms with van der Waals surface area (Å²) in [6, 6.07) is 0. The van der Waals surface area contributed by atoms with Crippen LogP contribution in [0.25, 0.3) is 0 Å². The molecule has 2 N–H and O–H groups in total. The lowest BCUT2D eigenvalue weighted by Gasteiger charge is -2.22. The summed E-state index contributed by atoms with van der Waals surface area (Å²) in [5.74, 6) is -1.59. The number of ether oxygens (including phenoxy) is 1. The molecular weight excluding hydrogens is 382 g/mol. The minimum Gasteiger partial charge on any atom is -0.456 e. The number of nitrogens with zero attached hydrogens (tertiary/aromatic N) is 1. The van der Waals surface area contributed by atoms with Crippen molar-refractivity contribution in [2.45, 2.75) is 37.1 Å². The van der Waals surface area contributed by atoms with Crippen molar-refractivity contribution in [3.05, 3.63) is 12.2 Å². The van der Waals surface area contributed by atoms with Crippen molar-refractivity contribution in [2.24, 2.45) is 0 Å². The first kappa shape index (κ1) is 20.7. The number of esters is 1. The van der Waals surface area contributed by atoms with Gasteiger partial charge in [-0.2, -0.15) is 5.48 Å². The molecule has 144 valence electrons. The van der Waals surface area contributed by atoms with Crippen molar-refractivity contribution >= 4 is 45.3 Å². The topological polar surface area (TPSA) is 114 Å². The number of imide groups is 1. The van der Waals surface area contributed by atoms with Gasteiger partial charge in [-0.3, -0.25) is 24.1 Å². The Bertz CT molecular complexity index is 609. The van der Waals surface area contributed by atoms with Crippen LogP contribution in [-0.2, 0) is 28.8 Å². The minimum absolute atomic E-state index is 0.0214. The summed E-state index contributed by atoms with van der Waals surface area (Å²) in [6.07, 6.45) is 2.37. The van der Waals surface area contributed by atoms with E-state index in [2.05, 4.69) is 10.8 Å². The zero-order valence-electron chi connectivity index (χ0n) is 14.7. The van der Waals surface area contributed by atoms with Crippen molar-refractivity contribution in [1.82, 2.24) is 15.7 Å². The average molecular weight is 403 g/mol. The lowest BCUT2D eigenvalue weighted by atomic mass is 10.2. The van der Waals surface area contributed by atoms with E-state index in [-0.39, 0.29) is 32.0 Å². The molecule has 0 aromatic rings. The Hall–Kier alpha value is -1.56. The number of hydrogen-bond acceptors (Lipinski definition) is 9. The van der Waals surface area contributed by atoms with E-state index < -0.39 is 27.6 Å². The molecule has 3 amide bonds. The molecule has 0 aromatic heterocycles. The van der Waals surface area contributed by atoms with Crippen molar-refractivity contribution in [3.8, 4) is 0 Å². The first-order valence-electron chi connectivity index (χ1n) is 7.94. The number of rotatable bonds is 9. The Morgan fingerprint density at radius 2 is 1.77 bits per heavy atom. The molecule has 0 spiro atoms. The standard InChI is InChI=1S/C15H21N3O6S2/c1-14(2,3)23-13(22)15(25-26-15)24-17-8-7-16-10(19)6-9-18-11(20)4-5-12(18)21/h4-5,17H,6-9H2,1-3H3,(H,16,19). The van der Waals surface area contributed by atoms with Gasteiger partial charge in [0.2, 0.25) is 5.91 Å². The molecule has 2 aliphatic rings. The Labute approximate surface area is 158 Å². The van der Waals surface area contributed by atoms with Crippen molar-refractivity contribution in [2.75, 3.05) is 19.6 Å². The summed E-state index contributed by atoms with van der Waals surface area (Å²) in [5, 5.41) is 2.63. The van der Waals surface area contributed by atoms with E-state index >= 15 is 0 Å². The third-order valence-electron chi connectivity index (χ3n) is 3.10. The normalized spacial score (nSPS) is 18.2. The number of carbonyl (C=O) groups excluding carboxylic acids is 4. The van der Waals surface area contributed by atoms with Crippen molar-refractivity contribution in [3.63, 3.8) is 0 Å². The fraction of sp³-hybridized carbons (Fsp3) is 0.600. The molecule has 26 heavy (non-hydrogen) atoms. The fourth-order valence-electron chi connectivity index (χ4n) is 1.87. The SMILES string of the molecule is CC(C)(C)OC(=O)C1(ONCCNC(=O)CCN2C(=O)C=CC2=O)SS1. The van der Waals surface area contributed by atoms with Gasteiger partial charge in [-0.25, -0.2) is 4.79 Å². The number of hydroxylamine groups is 1. The molecule has 0 bridgehead atoms. The van der Waals surface area contributed by atoms with E-state index in [1.807, 2.05) is 0 Å². The zero-order valence-corrected chi connectivity index (χ0v) is 16.3. The Kier molecular flexibility index (Phi) is 6.72. The van der Waals surface area contributed by atoms with Gasteiger partial charge in [0, 0.05) is 38.2 Å². The number of nitrogens with one attached hydrogen (secondary N) is 2. The predicted molar refractivity (Wildman–Crippen MR) is 96.3 cm³/mol.